The summed E-state index contributed by atoms with van der Waals surface area (Å²) in [6.07, 6.45) is 3.90. The molecular weight excluding hydrogens is 190 g/mol. The summed E-state index contributed by atoms with van der Waals surface area (Å²) in [5.41, 5.74) is 0.482. The molecule has 0 amide bonds. The molecule has 0 aliphatic rings. The van der Waals surface area contributed by atoms with E-state index in [1.54, 1.807) is 13.8 Å². The standard InChI is InChI=1S/C11H21N3O/c1-5-14-7-10(6-13-14)9(2)12-8-11(3,4)15/h6-7,9,12,15H,5,8H2,1-4H3. The number of rotatable bonds is 5. The Morgan fingerprint density at radius 2 is 2.27 bits per heavy atom. The Kier molecular flexibility index (Phi) is 3.88. The summed E-state index contributed by atoms with van der Waals surface area (Å²) in [4.78, 5) is 0. The van der Waals surface area contributed by atoms with Crippen molar-refractivity contribution in [1.82, 2.24) is 15.1 Å². The highest BCUT2D eigenvalue weighted by Crippen LogP contribution is 2.11. The van der Waals surface area contributed by atoms with Crippen LogP contribution in [0.4, 0.5) is 0 Å². The number of nitrogens with zero attached hydrogens (tertiary/aromatic N) is 2. The van der Waals surface area contributed by atoms with E-state index < -0.39 is 5.60 Å². The third-order valence-electron chi connectivity index (χ3n) is 2.32. The Morgan fingerprint density at radius 3 is 2.73 bits per heavy atom. The summed E-state index contributed by atoms with van der Waals surface area (Å²) < 4.78 is 1.90. The fourth-order valence-corrected chi connectivity index (χ4v) is 1.30. The van der Waals surface area contributed by atoms with Gasteiger partial charge in [0, 0.05) is 30.9 Å². The molecule has 0 aromatic carbocycles. The highest BCUT2D eigenvalue weighted by Gasteiger charge is 2.15. The van der Waals surface area contributed by atoms with Crippen LogP contribution in [-0.2, 0) is 6.54 Å². The van der Waals surface area contributed by atoms with Gasteiger partial charge in [-0.2, -0.15) is 5.10 Å². The molecule has 86 valence electrons. The first-order chi connectivity index (χ1) is 6.92. The molecule has 1 heterocycles. The molecule has 4 heteroatoms. The number of aryl methyl sites for hydroxylation is 1. The molecule has 1 atom stereocenters. The largest absolute Gasteiger partial charge is 0.389 e. The first kappa shape index (κ1) is 12.2. The molecule has 2 N–H and O–H groups in total. The van der Waals surface area contributed by atoms with Gasteiger partial charge in [-0.25, -0.2) is 0 Å². The minimum atomic E-state index is -0.672. The quantitative estimate of drug-likeness (QED) is 0.772. The zero-order valence-electron chi connectivity index (χ0n) is 9.99. The van der Waals surface area contributed by atoms with E-state index in [-0.39, 0.29) is 6.04 Å². The molecule has 1 rings (SSSR count). The van der Waals surface area contributed by atoms with E-state index in [2.05, 4.69) is 24.3 Å². The lowest BCUT2D eigenvalue weighted by molar-refractivity contribution is 0.0770. The summed E-state index contributed by atoms with van der Waals surface area (Å²) in [7, 11) is 0. The Hall–Kier alpha value is -0.870. The highest BCUT2D eigenvalue weighted by molar-refractivity contribution is 5.09. The van der Waals surface area contributed by atoms with Crippen molar-refractivity contribution >= 4 is 0 Å². The average molecular weight is 211 g/mol. The van der Waals surface area contributed by atoms with Gasteiger partial charge < -0.3 is 10.4 Å². The number of hydrogen-bond donors (Lipinski definition) is 2. The van der Waals surface area contributed by atoms with Crippen LogP contribution in [0.5, 0.6) is 0 Å². The van der Waals surface area contributed by atoms with Crippen LogP contribution in [0.2, 0.25) is 0 Å². The molecule has 1 aromatic rings. The van der Waals surface area contributed by atoms with Crippen molar-refractivity contribution in [3.8, 4) is 0 Å². The minimum absolute atomic E-state index is 0.219. The average Bonchev–Trinajstić information content (AvgIpc) is 2.61. The first-order valence-electron chi connectivity index (χ1n) is 5.40. The monoisotopic (exact) mass is 211 g/mol. The molecule has 0 bridgehead atoms. The molecule has 0 fully saturated rings. The molecule has 0 saturated heterocycles. The first-order valence-corrected chi connectivity index (χ1v) is 5.40. The fourth-order valence-electron chi connectivity index (χ4n) is 1.30. The van der Waals surface area contributed by atoms with Gasteiger partial charge >= 0.3 is 0 Å². The van der Waals surface area contributed by atoms with Gasteiger partial charge in [0.25, 0.3) is 0 Å². The summed E-state index contributed by atoms with van der Waals surface area (Å²) in [5, 5.41) is 17.1. The van der Waals surface area contributed by atoms with Gasteiger partial charge in [0.15, 0.2) is 0 Å². The second kappa shape index (κ2) is 4.77. The second-order valence-electron chi connectivity index (χ2n) is 4.54. The third-order valence-corrected chi connectivity index (χ3v) is 2.32. The second-order valence-corrected chi connectivity index (χ2v) is 4.54. The van der Waals surface area contributed by atoms with E-state index in [1.165, 1.54) is 0 Å². The van der Waals surface area contributed by atoms with E-state index in [0.29, 0.717) is 6.54 Å². The Balaban J connectivity index is 2.50. The molecule has 1 aromatic heterocycles. The van der Waals surface area contributed by atoms with Crippen molar-refractivity contribution < 1.29 is 5.11 Å². The molecule has 0 aliphatic carbocycles. The van der Waals surface area contributed by atoms with Crippen molar-refractivity contribution in [2.75, 3.05) is 6.54 Å². The van der Waals surface area contributed by atoms with Crippen LogP contribution < -0.4 is 5.32 Å². The number of nitrogens with one attached hydrogen (secondary N) is 1. The third kappa shape index (κ3) is 4.01. The smallest absolute Gasteiger partial charge is 0.0715 e. The van der Waals surface area contributed by atoms with E-state index in [1.807, 2.05) is 17.1 Å². The van der Waals surface area contributed by atoms with Gasteiger partial charge in [0.05, 0.1) is 11.8 Å². The van der Waals surface area contributed by atoms with Crippen molar-refractivity contribution in [2.24, 2.45) is 0 Å². The fraction of sp³-hybridized carbons (Fsp3) is 0.727. The normalized spacial score (nSPS) is 14.2. The number of aromatic nitrogens is 2. The molecule has 15 heavy (non-hydrogen) atoms. The number of aliphatic hydroxyl groups is 1. The predicted octanol–water partition coefficient (Wildman–Crippen LogP) is 1.32. The van der Waals surface area contributed by atoms with Gasteiger partial charge in [-0.15, -0.1) is 0 Å². The predicted molar refractivity (Wildman–Crippen MR) is 60.6 cm³/mol. The zero-order valence-corrected chi connectivity index (χ0v) is 9.99. The number of hydrogen-bond acceptors (Lipinski definition) is 3. The van der Waals surface area contributed by atoms with Crippen LogP contribution in [0.25, 0.3) is 0 Å². The van der Waals surface area contributed by atoms with Crippen molar-refractivity contribution in [2.45, 2.75) is 45.9 Å². The van der Waals surface area contributed by atoms with Crippen molar-refractivity contribution in [3.63, 3.8) is 0 Å². The van der Waals surface area contributed by atoms with E-state index >= 15 is 0 Å². The summed E-state index contributed by atoms with van der Waals surface area (Å²) in [5.74, 6) is 0. The molecule has 0 saturated carbocycles. The minimum Gasteiger partial charge on any atom is -0.389 e. The zero-order chi connectivity index (χ0) is 11.5. The van der Waals surface area contributed by atoms with E-state index in [0.717, 1.165) is 12.1 Å². The molecule has 0 aliphatic heterocycles. The van der Waals surface area contributed by atoms with Crippen LogP contribution in [-0.4, -0.2) is 27.0 Å². The van der Waals surface area contributed by atoms with E-state index in [9.17, 15) is 5.11 Å². The molecule has 0 spiro atoms. The SMILES string of the molecule is CCn1cc(C(C)NCC(C)(C)O)cn1. The maximum atomic E-state index is 9.58. The Labute approximate surface area is 91.3 Å². The lowest BCUT2D eigenvalue weighted by Gasteiger charge is -2.21. The van der Waals surface area contributed by atoms with Crippen LogP contribution in [0.3, 0.4) is 0 Å². The maximum absolute atomic E-state index is 9.58. The lowest BCUT2D eigenvalue weighted by Crippen LogP contribution is -2.35. The van der Waals surface area contributed by atoms with Gasteiger partial charge in [-0.3, -0.25) is 4.68 Å². The van der Waals surface area contributed by atoms with Gasteiger partial charge in [-0.05, 0) is 27.7 Å². The van der Waals surface area contributed by atoms with Crippen molar-refractivity contribution in [1.29, 1.82) is 0 Å². The lowest BCUT2D eigenvalue weighted by atomic mass is 10.1. The summed E-state index contributed by atoms with van der Waals surface area (Å²) >= 11 is 0. The van der Waals surface area contributed by atoms with E-state index in [4.69, 9.17) is 0 Å². The molecular formula is C11H21N3O. The van der Waals surface area contributed by atoms with Crippen LogP contribution in [0, 0.1) is 0 Å². The summed E-state index contributed by atoms with van der Waals surface area (Å²) in [6.45, 7) is 9.18. The molecule has 1 unspecified atom stereocenters. The summed E-state index contributed by atoms with van der Waals surface area (Å²) in [6, 6.07) is 0.219. The van der Waals surface area contributed by atoms with Crippen LogP contribution in [0.1, 0.15) is 39.3 Å². The van der Waals surface area contributed by atoms with Crippen LogP contribution in [0.15, 0.2) is 12.4 Å². The highest BCUT2D eigenvalue weighted by atomic mass is 16.3. The molecule has 4 nitrogen and oxygen atoms in total. The Morgan fingerprint density at radius 1 is 1.60 bits per heavy atom. The Bertz CT molecular complexity index is 301. The van der Waals surface area contributed by atoms with Crippen LogP contribution >= 0.6 is 0 Å². The topological polar surface area (TPSA) is 50.1 Å². The molecule has 0 radical (unpaired) electrons. The van der Waals surface area contributed by atoms with Crippen molar-refractivity contribution in [3.05, 3.63) is 18.0 Å². The van der Waals surface area contributed by atoms with Gasteiger partial charge in [0.2, 0.25) is 0 Å². The van der Waals surface area contributed by atoms with Gasteiger partial charge in [-0.1, -0.05) is 0 Å². The van der Waals surface area contributed by atoms with Gasteiger partial charge in [0.1, 0.15) is 0 Å². The maximum Gasteiger partial charge on any atom is 0.0715 e.